The summed E-state index contributed by atoms with van der Waals surface area (Å²) in [7, 11) is 0. The lowest BCUT2D eigenvalue weighted by atomic mass is 10.0. The van der Waals surface area contributed by atoms with Gasteiger partial charge in [-0.1, -0.05) is 6.07 Å². The molecule has 0 saturated carbocycles. The van der Waals surface area contributed by atoms with Crippen molar-refractivity contribution in [2.45, 2.75) is 18.9 Å². The predicted molar refractivity (Wildman–Crippen MR) is 131 cm³/mol. The van der Waals surface area contributed by atoms with E-state index in [2.05, 4.69) is 10.6 Å². The average molecular weight is 543 g/mol. The van der Waals surface area contributed by atoms with E-state index in [0.29, 0.717) is 39.6 Å². The van der Waals surface area contributed by atoms with Crippen molar-refractivity contribution in [2.75, 3.05) is 64.7 Å². The molecule has 5 amide bonds. The van der Waals surface area contributed by atoms with Gasteiger partial charge in [0.1, 0.15) is 12.6 Å². The molecular formula is C23H31ClN4O9. The molecule has 1 saturated heterocycles. The number of fused-ring (bicyclic) bond motifs is 1. The van der Waals surface area contributed by atoms with Crippen molar-refractivity contribution in [3.63, 3.8) is 0 Å². The number of imide groups is 2. The molecular weight excluding hydrogens is 512 g/mol. The topological polar surface area (TPSA) is 176 Å². The molecule has 2 heterocycles. The van der Waals surface area contributed by atoms with E-state index >= 15 is 0 Å². The number of hydrogen-bond acceptors (Lipinski definition) is 10. The fourth-order valence-electron chi connectivity index (χ4n) is 3.71. The molecule has 2 aliphatic rings. The molecule has 14 heteroatoms. The molecule has 1 atom stereocenters. The van der Waals surface area contributed by atoms with E-state index < -0.39 is 35.6 Å². The SMILES string of the molecule is Cl.NCCOCCOCCOCCOCC(=O)Nc1cccc2c1C(=O)N(C1CCC(=O)NC1=O)C2=O. The number of amides is 5. The zero-order valence-corrected chi connectivity index (χ0v) is 21.0. The summed E-state index contributed by atoms with van der Waals surface area (Å²) < 4.78 is 21.1. The molecule has 0 spiro atoms. The smallest absolute Gasteiger partial charge is 0.264 e. The van der Waals surface area contributed by atoms with Crippen LogP contribution in [0, 0.1) is 0 Å². The molecule has 3 rings (SSSR count). The molecule has 1 fully saturated rings. The van der Waals surface area contributed by atoms with Crippen LogP contribution < -0.4 is 16.4 Å². The van der Waals surface area contributed by atoms with Crippen molar-refractivity contribution in [2.24, 2.45) is 5.73 Å². The largest absolute Gasteiger partial charge is 0.378 e. The van der Waals surface area contributed by atoms with E-state index in [0.717, 1.165) is 4.90 Å². The summed E-state index contributed by atoms with van der Waals surface area (Å²) >= 11 is 0. The number of hydrogen-bond donors (Lipinski definition) is 3. The summed E-state index contributed by atoms with van der Waals surface area (Å²) in [5.41, 5.74) is 5.51. The van der Waals surface area contributed by atoms with Crippen molar-refractivity contribution in [3.05, 3.63) is 29.3 Å². The molecule has 2 aliphatic heterocycles. The molecule has 204 valence electrons. The number of nitrogens with one attached hydrogen (secondary N) is 2. The van der Waals surface area contributed by atoms with E-state index in [1.807, 2.05) is 0 Å². The summed E-state index contributed by atoms with van der Waals surface area (Å²) in [5, 5.41) is 4.72. The summed E-state index contributed by atoms with van der Waals surface area (Å²) in [4.78, 5) is 62.6. The molecule has 0 aromatic heterocycles. The number of nitrogens with two attached hydrogens (primary N) is 1. The van der Waals surface area contributed by atoms with Gasteiger partial charge in [-0.15, -0.1) is 12.4 Å². The number of nitrogens with zero attached hydrogens (tertiary/aromatic N) is 1. The van der Waals surface area contributed by atoms with Gasteiger partial charge in [-0.25, -0.2) is 0 Å². The van der Waals surface area contributed by atoms with Crippen LogP contribution in [0.25, 0.3) is 0 Å². The summed E-state index contributed by atoms with van der Waals surface area (Å²) in [5.74, 6) is -3.04. The minimum atomic E-state index is -1.09. The molecule has 0 aliphatic carbocycles. The highest BCUT2D eigenvalue weighted by Gasteiger charge is 2.45. The highest BCUT2D eigenvalue weighted by atomic mass is 35.5. The Morgan fingerprint density at radius 2 is 1.57 bits per heavy atom. The minimum absolute atomic E-state index is 0. The first-order chi connectivity index (χ1) is 17.4. The molecule has 4 N–H and O–H groups in total. The Bertz CT molecular complexity index is 991. The van der Waals surface area contributed by atoms with Crippen LogP contribution in [0.5, 0.6) is 0 Å². The first kappa shape index (κ1) is 30.3. The van der Waals surface area contributed by atoms with E-state index in [9.17, 15) is 24.0 Å². The Morgan fingerprint density at radius 3 is 2.19 bits per heavy atom. The second-order valence-corrected chi connectivity index (χ2v) is 7.90. The first-order valence-corrected chi connectivity index (χ1v) is 11.6. The Morgan fingerprint density at radius 1 is 0.946 bits per heavy atom. The molecule has 1 aromatic rings. The number of rotatable bonds is 15. The summed E-state index contributed by atoms with van der Waals surface area (Å²) in [6.07, 6.45) is 0.0642. The lowest BCUT2D eigenvalue weighted by Crippen LogP contribution is -2.54. The van der Waals surface area contributed by atoms with Gasteiger partial charge >= 0.3 is 0 Å². The zero-order valence-electron chi connectivity index (χ0n) is 20.2. The predicted octanol–water partition coefficient (Wildman–Crippen LogP) is -0.527. The van der Waals surface area contributed by atoms with Crippen LogP contribution in [-0.4, -0.2) is 99.9 Å². The number of anilines is 1. The van der Waals surface area contributed by atoms with E-state index in [1.54, 1.807) is 0 Å². The Kier molecular flexibility index (Phi) is 12.6. The average Bonchev–Trinajstić information content (AvgIpc) is 3.10. The van der Waals surface area contributed by atoms with Gasteiger partial charge in [0.2, 0.25) is 17.7 Å². The second-order valence-electron chi connectivity index (χ2n) is 7.90. The van der Waals surface area contributed by atoms with Gasteiger partial charge in [0.15, 0.2) is 0 Å². The quantitative estimate of drug-likeness (QED) is 0.193. The lowest BCUT2D eigenvalue weighted by Gasteiger charge is -2.27. The molecule has 0 bridgehead atoms. The first-order valence-electron chi connectivity index (χ1n) is 11.6. The van der Waals surface area contributed by atoms with E-state index in [4.69, 9.17) is 24.7 Å². The van der Waals surface area contributed by atoms with Gasteiger partial charge in [-0.05, 0) is 18.6 Å². The van der Waals surface area contributed by atoms with Gasteiger partial charge in [-0.2, -0.15) is 0 Å². The van der Waals surface area contributed by atoms with Crippen LogP contribution in [0.15, 0.2) is 18.2 Å². The lowest BCUT2D eigenvalue weighted by molar-refractivity contribution is -0.136. The molecule has 0 radical (unpaired) electrons. The van der Waals surface area contributed by atoms with Gasteiger partial charge in [0.05, 0.1) is 63.1 Å². The van der Waals surface area contributed by atoms with Crippen molar-refractivity contribution in [1.29, 1.82) is 0 Å². The number of ether oxygens (including phenoxy) is 4. The fraction of sp³-hybridized carbons (Fsp3) is 0.522. The van der Waals surface area contributed by atoms with Gasteiger partial charge in [0.25, 0.3) is 11.8 Å². The number of carbonyl (C=O) groups is 5. The third kappa shape index (κ3) is 8.28. The third-order valence-electron chi connectivity index (χ3n) is 5.35. The van der Waals surface area contributed by atoms with Crippen LogP contribution in [0.2, 0.25) is 0 Å². The van der Waals surface area contributed by atoms with Crippen LogP contribution >= 0.6 is 12.4 Å². The number of halogens is 1. The summed E-state index contributed by atoms with van der Waals surface area (Å²) in [6.45, 7) is 2.77. The maximum absolute atomic E-state index is 13.0. The van der Waals surface area contributed by atoms with E-state index in [-0.39, 0.29) is 61.9 Å². The fourth-order valence-corrected chi connectivity index (χ4v) is 3.71. The Hall–Kier alpha value is -2.94. The summed E-state index contributed by atoms with van der Waals surface area (Å²) in [6, 6.07) is 3.37. The minimum Gasteiger partial charge on any atom is -0.378 e. The van der Waals surface area contributed by atoms with Crippen LogP contribution in [-0.2, 0) is 33.3 Å². The zero-order chi connectivity index (χ0) is 25.9. The van der Waals surface area contributed by atoms with Crippen molar-refractivity contribution < 1.29 is 42.9 Å². The van der Waals surface area contributed by atoms with Crippen molar-refractivity contribution in [3.8, 4) is 0 Å². The van der Waals surface area contributed by atoms with Crippen molar-refractivity contribution >= 4 is 47.6 Å². The third-order valence-corrected chi connectivity index (χ3v) is 5.35. The van der Waals surface area contributed by atoms with E-state index in [1.165, 1.54) is 18.2 Å². The highest BCUT2D eigenvalue weighted by Crippen LogP contribution is 2.32. The molecule has 1 aromatic carbocycles. The van der Waals surface area contributed by atoms with Gasteiger partial charge in [0, 0.05) is 13.0 Å². The van der Waals surface area contributed by atoms with Crippen molar-refractivity contribution in [1.82, 2.24) is 10.2 Å². The van der Waals surface area contributed by atoms with Gasteiger partial charge in [-0.3, -0.25) is 34.2 Å². The number of benzene rings is 1. The van der Waals surface area contributed by atoms with Crippen LogP contribution in [0.1, 0.15) is 33.6 Å². The normalized spacial score (nSPS) is 16.9. The maximum Gasteiger partial charge on any atom is 0.264 e. The second kappa shape index (κ2) is 15.3. The standard InChI is InChI=1S/C23H30N4O9.ClH/c24-6-7-33-8-9-34-10-11-35-12-13-36-14-19(29)25-16-3-1-2-15-20(16)23(32)27(22(15)31)17-4-5-18(28)26-21(17)30;/h1-3,17H,4-14,24H2,(H,25,29)(H,26,28,30);1H. The molecule has 37 heavy (non-hydrogen) atoms. The van der Waals surface area contributed by atoms with Crippen LogP contribution in [0.4, 0.5) is 5.69 Å². The Labute approximate surface area is 219 Å². The molecule has 13 nitrogen and oxygen atoms in total. The number of carbonyl (C=O) groups excluding carboxylic acids is 5. The maximum atomic E-state index is 13.0. The Balaban J connectivity index is 0.00000481. The monoisotopic (exact) mass is 542 g/mol. The van der Waals surface area contributed by atoms with Crippen LogP contribution in [0.3, 0.4) is 0 Å². The highest BCUT2D eigenvalue weighted by molar-refractivity contribution is 6.26. The number of piperidine rings is 1. The van der Waals surface area contributed by atoms with Gasteiger partial charge < -0.3 is 30.0 Å². The molecule has 1 unspecified atom stereocenters.